The maximum atomic E-state index is 12.6. The lowest BCUT2D eigenvalue weighted by atomic mass is 10.2. The van der Waals surface area contributed by atoms with Crippen molar-refractivity contribution in [1.29, 1.82) is 0 Å². The topological polar surface area (TPSA) is 49.5 Å². The Morgan fingerprint density at radius 3 is 2.19 bits per heavy atom. The lowest BCUT2D eigenvalue weighted by molar-refractivity contribution is -0.145. The lowest BCUT2D eigenvalue weighted by Gasteiger charge is -2.30. The normalized spacial score (nSPS) is 13.6. The zero-order chi connectivity index (χ0) is 12.3. The van der Waals surface area contributed by atoms with Crippen LogP contribution >= 0.6 is 0 Å². The van der Waals surface area contributed by atoms with Gasteiger partial charge in [0.1, 0.15) is 11.8 Å². The fraction of sp³-hybridized carbons (Fsp3) is 0.400. The van der Waals surface area contributed by atoms with Crippen LogP contribution in [0.5, 0.6) is 5.75 Å². The Bertz CT molecular complexity index is 337. The summed E-state index contributed by atoms with van der Waals surface area (Å²) in [7, 11) is 1.32. The van der Waals surface area contributed by atoms with E-state index in [0.29, 0.717) is 5.69 Å². The third kappa shape index (κ3) is 2.79. The van der Waals surface area contributed by atoms with E-state index < -0.39 is 18.8 Å². The van der Waals surface area contributed by atoms with E-state index in [-0.39, 0.29) is 5.75 Å². The monoisotopic (exact) mass is 234 g/mol. The second-order valence-corrected chi connectivity index (χ2v) is 3.42. The van der Waals surface area contributed by atoms with E-state index in [0.717, 1.165) is 4.90 Å². The molecule has 90 valence electrons. The second-order valence-electron chi connectivity index (χ2n) is 3.42. The third-order valence-corrected chi connectivity index (χ3v) is 2.33. The van der Waals surface area contributed by atoms with Crippen LogP contribution in [0, 0.1) is 0 Å². The molecule has 6 heteroatoms. The van der Waals surface area contributed by atoms with Crippen LogP contribution in [0.4, 0.5) is 18.9 Å². The zero-order valence-electron chi connectivity index (χ0n) is 8.70. The lowest BCUT2D eigenvalue weighted by Crippen LogP contribution is -2.48. The molecule has 0 bridgehead atoms. The molecule has 0 heterocycles. The Kier molecular flexibility index (Phi) is 3.64. The molecule has 0 aliphatic rings. The quantitative estimate of drug-likeness (QED) is 0.837. The van der Waals surface area contributed by atoms with Crippen LogP contribution in [-0.2, 0) is 0 Å². The number of benzene rings is 1. The summed E-state index contributed by atoms with van der Waals surface area (Å²) < 4.78 is 37.7. The number of rotatable bonds is 3. The molecule has 1 unspecified atom stereocenters. The minimum Gasteiger partial charge on any atom is -0.508 e. The van der Waals surface area contributed by atoms with Gasteiger partial charge in [0.2, 0.25) is 0 Å². The van der Waals surface area contributed by atoms with Crippen molar-refractivity contribution in [3.63, 3.8) is 0 Å². The molecule has 0 fully saturated rings. The largest absolute Gasteiger partial charge is 0.508 e. The highest BCUT2D eigenvalue weighted by atomic mass is 19.4. The summed E-state index contributed by atoms with van der Waals surface area (Å²) in [6.45, 7) is -0.513. The van der Waals surface area contributed by atoms with Gasteiger partial charge >= 0.3 is 6.18 Å². The molecule has 0 saturated carbocycles. The van der Waals surface area contributed by atoms with Crippen LogP contribution in [-0.4, -0.2) is 30.9 Å². The summed E-state index contributed by atoms with van der Waals surface area (Å²) in [4.78, 5) is 1.04. The molecular weight excluding hydrogens is 221 g/mol. The van der Waals surface area contributed by atoms with Gasteiger partial charge < -0.3 is 15.7 Å². The predicted octanol–water partition coefficient (Wildman–Crippen LogP) is 1.72. The number of phenols is 1. The standard InChI is InChI=1S/C10H13F3N2O/c1-15(9(6-14)10(11,12)13)7-2-4-8(16)5-3-7/h2-5,9,16H,6,14H2,1H3. The molecular formula is C10H13F3N2O. The minimum atomic E-state index is -4.37. The van der Waals surface area contributed by atoms with Crippen molar-refractivity contribution in [2.75, 3.05) is 18.5 Å². The Balaban J connectivity index is 2.91. The number of nitrogens with two attached hydrogens (primary N) is 1. The van der Waals surface area contributed by atoms with Crippen LogP contribution in [0.1, 0.15) is 0 Å². The van der Waals surface area contributed by atoms with Crippen molar-refractivity contribution in [2.24, 2.45) is 5.73 Å². The number of phenolic OH excluding ortho intramolecular Hbond substituents is 1. The number of alkyl halides is 3. The van der Waals surface area contributed by atoms with Gasteiger partial charge in [-0.3, -0.25) is 0 Å². The van der Waals surface area contributed by atoms with E-state index in [1.807, 2.05) is 0 Å². The van der Waals surface area contributed by atoms with Gasteiger partial charge in [0, 0.05) is 19.3 Å². The van der Waals surface area contributed by atoms with Gasteiger partial charge in [-0.1, -0.05) is 0 Å². The Morgan fingerprint density at radius 2 is 1.81 bits per heavy atom. The number of nitrogens with zero attached hydrogens (tertiary/aromatic N) is 1. The van der Waals surface area contributed by atoms with Crippen LogP contribution in [0.25, 0.3) is 0 Å². The van der Waals surface area contributed by atoms with Gasteiger partial charge in [-0.2, -0.15) is 13.2 Å². The maximum Gasteiger partial charge on any atom is 0.409 e. The first-order valence-electron chi connectivity index (χ1n) is 4.65. The minimum absolute atomic E-state index is 0.00783. The molecule has 3 nitrogen and oxygen atoms in total. The number of halogens is 3. The van der Waals surface area contributed by atoms with E-state index in [9.17, 15) is 13.2 Å². The first-order chi connectivity index (χ1) is 7.36. The van der Waals surface area contributed by atoms with Crippen molar-refractivity contribution >= 4 is 5.69 Å². The van der Waals surface area contributed by atoms with Gasteiger partial charge in [-0.15, -0.1) is 0 Å². The molecule has 0 saturated heterocycles. The molecule has 16 heavy (non-hydrogen) atoms. The van der Waals surface area contributed by atoms with Gasteiger partial charge in [-0.05, 0) is 24.3 Å². The average Bonchev–Trinajstić information content (AvgIpc) is 2.17. The fourth-order valence-corrected chi connectivity index (χ4v) is 1.38. The highest BCUT2D eigenvalue weighted by Crippen LogP contribution is 2.27. The molecule has 3 N–H and O–H groups in total. The predicted molar refractivity (Wildman–Crippen MR) is 55.4 cm³/mol. The van der Waals surface area contributed by atoms with E-state index >= 15 is 0 Å². The highest BCUT2D eigenvalue weighted by molar-refractivity contribution is 5.49. The van der Waals surface area contributed by atoms with Crippen LogP contribution in [0.3, 0.4) is 0 Å². The third-order valence-electron chi connectivity index (χ3n) is 2.33. The van der Waals surface area contributed by atoms with Crippen LogP contribution < -0.4 is 10.6 Å². The molecule has 0 amide bonds. The maximum absolute atomic E-state index is 12.6. The van der Waals surface area contributed by atoms with Crippen molar-refractivity contribution in [1.82, 2.24) is 0 Å². The van der Waals surface area contributed by atoms with Gasteiger partial charge in [-0.25, -0.2) is 0 Å². The Hall–Kier alpha value is -1.43. The molecule has 1 aromatic carbocycles. The molecule has 0 aromatic heterocycles. The van der Waals surface area contributed by atoms with Gasteiger partial charge in [0.05, 0.1) is 0 Å². The Labute approximate surface area is 91.3 Å². The fourth-order valence-electron chi connectivity index (χ4n) is 1.38. The van der Waals surface area contributed by atoms with Crippen molar-refractivity contribution in [3.05, 3.63) is 24.3 Å². The average molecular weight is 234 g/mol. The summed E-state index contributed by atoms with van der Waals surface area (Å²) in [6.07, 6.45) is -4.37. The summed E-state index contributed by atoms with van der Waals surface area (Å²) in [5.74, 6) is 0.00783. The van der Waals surface area contributed by atoms with E-state index in [1.165, 1.54) is 31.3 Å². The van der Waals surface area contributed by atoms with Crippen LogP contribution in [0.2, 0.25) is 0 Å². The first-order valence-corrected chi connectivity index (χ1v) is 4.65. The Morgan fingerprint density at radius 1 is 1.31 bits per heavy atom. The van der Waals surface area contributed by atoms with E-state index in [4.69, 9.17) is 10.8 Å². The second kappa shape index (κ2) is 4.61. The molecule has 0 radical (unpaired) electrons. The van der Waals surface area contributed by atoms with E-state index in [2.05, 4.69) is 0 Å². The molecule has 0 aliphatic heterocycles. The molecule has 0 spiro atoms. The zero-order valence-corrected chi connectivity index (χ0v) is 8.70. The molecule has 1 aromatic rings. The van der Waals surface area contributed by atoms with Gasteiger partial charge in [0.15, 0.2) is 0 Å². The first kappa shape index (κ1) is 12.6. The summed E-state index contributed by atoms with van der Waals surface area (Å²) >= 11 is 0. The number of hydrogen-bond donors (Lipinski definition) is 2. The van der Waals surface area contributed by atoms with E-state index in [1.54, 1.807) is 0 Å². The summed E-state index contributed by atoms with van der Waals surface area (Å²) in [6, 6.07) is 3.75. The van der Waals surface area contributed by atoms with Crippen molar-refractivity contribution in [2.45, 2.75) is 12.2 Å². The SMILES string of the molecule is CN(c1ccc(O)cc1)C(CN)C(F)(F)F. The highest BCUT2D eigenvalue weighted by Gasteiger charge is 2.41. The number of hydrogen-bond acceptors (Lipinski definition) is 3. The summed E-state index contributed by atoms with van der Waals surface area (Å²) in [5.41, 5.74) is 5.47. The van der Waals surface area contributed by atoms with Gasteiger partial charge in [0.25, 0.3) is 0 Å². The molecule has 0 aliphatic carbocycles. The summed E-state index contributed by atoms with van der Waals surface area (Å²) in [5, 5.41) is 9.03. The number of likely N-dealkylation sites (N-methyl/N-ethyl adjacent to an activating group) is 1. The van der Waals surface area contributed by atoms with Crippen molar-refractivity contribution in [3.8, 4) is 5.75 Å². The number of aromatic hydroxyl groups is 1. The molecule has 1 atom stereocenters. The van der Waals surface area contributed by atoms with Crippen LogP contribution in [0.15, 0.2) is 24.3 Å². The molecule has 1 rings (SSSR count). The number of anilines is 1. The smallest absolute Gasteiger partial charge is 0.409 e. The van der Waals surface area contributed by atoms with Crippen molar-refractivity contribution < 1.29 is 18.3 Å².